The number of halogens is 2. The van der Waals surface area contributed by atoms with Crippen molar-refractivity contribution in [2.75, 3.05) is 18.8 Å². The summed E-state index contributed by atoms with van der Waals surface area (Å²) in [6.45, 7) is 0.482. The monoisotopic (exact) mass is 320 g/mol. The SMILES string of the molecule is Nc1cc(Cl)cc(S(=O)(=O)N2CC3CCC(C2)O3)c1F. The maximum Gasteiger partial charge on any atom is 0.246 e. The third kappa shape index (κ3) is 2.28. The molecule has 5 nitrogen and oxygen atoms in total. The molecule has 2 N–H and O–H groups in total. The highest BCUT2D eigenvalue weighted by Crippen LogP contribution is 2.32. The van der Waals surface area contributed by atoms with Gasteiger partial charge in [0, 0.05) is 18.1 Å². The molecule has 2 saturated heterocycles. The second-order valence-electron chi connectivity index (χ2n) is 5.09. The zero-order valence-corrected chi connectivity index (χ0v) is 12.1. The molecule has 0 radical (unpaired) electrons. The molecule has 2 aliphatic heterocycles. The van der Waals surface area contributed by atoms with Crippen LogP contribution >= 0.6 is 11.6 Å². The van der Waals surface area contributed by atoms with Crippen molar-refractivity contribution in [1.82, 2.24) is 4.31 Å². The van der Waals surface area contributed by atoms with Crippen molar-refractivity contribution in [2.45, 2.75) is 29.9 Å². The normalized spacial score (nSPS) is 26.9. The highest BCUT2D eigenvalue weighted by molar-refractivity contribution is 7.89. The van der Waals surface area contributed by atoms with E-state index in [0.29, 0.717) is 0 Å². The van der Waals surface area contributed by atoms with Crippen LogP contribution in [0.5, 0.6) is 0 Å². The minimum atomic E-state index is -3.95. The summed E-state index contributed by atoms with van der Waals surface area (Å²) in [4.78, 5) is -0.469. The number of nitrogens with zero attached hydrogens (tertiary/aromatic N) is 1. The van der Waals surface area contributed by atoms with Crippen LogP contribution in [0.15, 0.2) is 17.0 Å². The van der Waals surface area contributed by atoms with Crippen molar-refractivity contribution in [3.8, 4) is 0 Å². The summed E-state index contributed by atoms with van der Waals surface area (Å²) < 4.78 is 46.0. The first kappa shape index (κ1) is 14.1. The smallest absolute Gasteiger partial charge is 0.246 e. The number of hydrogen-bond acceptors (Lipinski definition) is 4. The molecule has 0 aromatic heterocycles. The van der Waals surface area contributed by atoms with E-state index in [1.54, 1.807) is 0 Å². The lowest BCUT2D eigenvalue weighted by molar-refractivity contribution is -0.0115. The lowest BCUT2D eigenvalue weighted by Gasteiger charge is -2.31. The van der Waals surface area contributed by atoms with Crippen molar-refractivity contribution in [3.63, 3.8) is 0 Å². The number of rotatable bonds is 2. The van der Waals surface area contributed by atoms with Gasteiger partial charge in [-0.2, -0.15) is 4.31 Å². The Morgan fingerprint density at radius 3 is 2.50 bits per heavy atom. The molecule has 2 heterocycles. The van der Waals surface area contributed by atoms with Crippen LogP contribution < -0.4 is 5.73 Å². The predicted octanol–water partition coefficient (Wildman–Crippen LogP) is 1.61. The molecule has 2 aliphatic rings. The number of ether oxygens (including phenoxy) is 1. The molecule has 1 aromatic rings. The van der Waals surface area contributed by atoms with Crippen molar-refractivity contribution < 1.29 is 17.5 Å². The number of nitrogens with two attached hydrogens (primary N) is 1. The Kier molecular flexibility index (Phi) is 3.40. The molecule has 0 saturated carbocycles. The lowest BCUT2D eigenvalue weighted by Crippen LogP contribution is -2.45. The van der Waals surface area contributed by atoms with Crippen molar-refractivity contribution in [1.29, 1.82) is 0 Å². The molecule has 1 aromatic carbocycles. The van der Waals surface area contributed by atoms with E-state index in [2.05, 4.69) is 0 Å². The zero-order chi connectivity index (χ0) is 14.5. The fraction of sp³-hybridized carbons (Fsp3) is 0.500. The third-order valence-corrected chi connectivity index (χ3v) is 5.71. The molecule has 2 atom stereocenters. The van der Waals surface area contributed by atoms with E-state index in [1.807, 2.05) is 0 Å². The molecular weight excluding hydrogens is 307 g/mol. The fourth-order valence-electron chi connectivity index (χ4n) is 2.68. The molecule has 0 amide bonds. The van der Waals surface area contributed by atoms with Crippen LogP contribution in [0.4, 0.5) is 10.1 Å². The molecule has 110 valence electrons. The van der Waals surface area contributed by atoms with Gasteiger partial charge < -0.3 is 10.5 Å². The van der Waals surface area contributed by atoms with Gasteiger partial charge in [-0.05, 0) is 25.0 Å². The first-order chi connectivity index (χ1) is 9.38. The summed E-state index contributed by atoms with van der Waals surface area (Å²) in [5, 5.41) is 0.0960. The Morgan fingerprint density at radius 2 is 1.90 bits per heavy atom. The number of nitrogen functional groups attached to an aromatic ring is 1. The van der Waals surface area contributed by atoms with Gasteiger partial charge in [0.1, 0.15) is 4.90 Å². The van der Waals surface area contributed by atoms with Gasteiger partial charge in [-0.1, -0.05) is 11.6 Å². The number of benzene rings is 1. The number of fused-ring (bicyclic) bond motifs is 2. The van der Waals surface area contributed by atoms with E-state index in [0.717, 1.165) is 18.9 Å². The van der Waals surface area contributed by atoms with E-state index in [-0.39, 0.29) is 36.0 Å². The molecular formula is C12H14ClFN2O3S. The Balaban J connectivity index is 2.00. The molecule has 20 heavy (non-hydrogen) atoms. The zero-order valence-electron chi connectivity index (χ0n) is 10.6. The van der Waals surface area contributed by atoms with E-state index >= 15 is 0 Å². The number of morpholine rings is 1. The van der Waals surface area contributed by atoms with Crippen LogP contribution in [0, 0.1) is 5.82 Å². The average molecular weight is 321 g/mol. The maximum atomic E-state index is 14.0. The fourth-order valence-corrected chi connectivity index (χ4v) is 4.60. The molecule has 3 rings (SSSR count). The first-order valence-electron chi connectivity index (χ1n) is 6.28. The van der Waals surface area contributed by atoms with E-state index in [1.165, 1.54) is 10.4 Å². The number of hydrogen-bond donors (Lipinski definition) is 1. The standard InChI is InChI=1S/C12H14ClFN2O3S/c13-7-3-10(15)12(14)11(4-7)20(17,18)16-5-8-1-2-9(6-16)19-8/h3-4,8-9H,1-2,5-6,15H2. The minimum absolute atomic E-state index is 0.0960. The van der Waals surface area contributed by atoms with Gasteiger partial charge in [0.05, 0.1) is 17.9 Å². The average Bonchev–Trinajstić information content (AvgIpc) is 2.72. The van der Waals surface area contributed by atoms with Gasteiger partial charge in [-0.3, -0.25) is 0 Å². The Bertz CT molecular complexity index is 640. The van der Waals surface area contributed by atoms with Crippen molar-refractivity contribution in [2.24, 2.45) is 0 Å². The molecule has 2 unspecified atom stereocenters. The van der Waals surface area contributed by atoms with E-state index < -0.39 is 20.7 Å². The summed E-state index contributed by atoms with van der Waals surface area (Å²) >= 11 is 5.78. The first-order valence-corrected chi connectivity index (χ1v) is 8.10. The molecule has 8 heteroatoms. The maximum absolute atomic E-state index is 14.0. The third-order valence-electron chi connectivity index (χ3n) is 3.66. The highest BCUT2D eigenvalue weighted by Gasteiger charge is 2.40. The quantitative estimate of drug-likeness (QED) is 0.840. The van der Waals surface area contributed by atoms with Crippen molar-refractivity contribution >= 4 is 27.3 Å². The summed E-state index contributed by atoms with van der Waals surface area (Å²) in [6.07, 6.45) is 1.44. The minimum Gasteiger partial charge on any atom is -0.396 e. The van der Waals surface area contributed by atoms with Crippen LogP contribution in [0.2, 0.25) is 5.02 Å². The summed E-state index contributed by atoms with van der Waals surface area (Å²) in [7, 11) is -3.95. The molecule has 0 aliphatic carbocycles. The van der Waals surface area contributed by atoms with Crippen LogP contribution in [0.3, 0.4) is 0 Å². The van der Waals surface area contributed by atoms with Crippen molar-refractivity contribution in [3.05, 3.63) is 23.0 Å². The second-order valence-corrected chi connectivity index (χ2v) is 7.43. The summed E-state index contributed by atoms with van der Waals surface area (Å²) in [6, 6.07) is 2.29. The lowest BCUT2D eigenvalue weighted by atomic mass is 10.2. The summed E-state index contributed by atoms with van der Waals surface area (Å²) in [5.74, 6) is -0.951. The van der Waals surface area contributed by atoms with Crippen LogP contribution in [-0.2, 0) is 14.8 Å². The molecule has 0 spiro atoms. The highest BCUT2D eigenvalue weighted by atomic mass is 35.5. The topological polar surface area (TPSA) is 72.6 Å². The largest absolute Gasteiger partial charge is 0.396 e. The van der Waals surface area contributed by atoms with E-state index in [4.69, 9.17) is 22.1 Å². The van der Waals surface area contributed by atoms with Gasteiger partial charge in [0.2, 0.25) is 10.0 Å². The van der Waals surface area contributed by atoms with Gasteiger partial charge in [0.25, 0.3) is 0 Å². The van der Waals surface area contributed by atoms with Crippen LogP contribution in [-0.4, -0.2) is 38.0 Å². The summed E-state index contributed by atoms with van der Waals surface area (Å²) in [5.41, 5.74) is 5.18. The van der Waals surface area contributed by atoms with Gasteiger partial charge in [0.15, 0.2) is 5.82 Å². The Labute approximate surface area is 121 Å². The van der Waals surface area contributed by atoms with Gasteiger partial charge >= 0.3 is 0 Å². The Morgan fingerprint density at radius 1 is 1.30 bits per heavy atom. The number of anilines is 1. The van der Waals surface area contributed by atoms with Gasteiger partial charge in [-0.25, -0.2) is 12.8 Å². The second kappa shape index (κ2) is 4.84. The number of sulfonamides is 1. The van der Waals surface area contributed by atoms with Crippen LogP contribution in [0.1, 0.15) is 12.8 Å². The predicted molar refractivity (Wildman–Crippen MR) is 72.5 cm³/mol. The van der Waals surface area contributed by atoms with Gasteiger partial charge in [-0.15, -0.1) is 0 Å². The Hall–Kier alpha value is -0.890. The molecule has 2 bridgehead atoms. The van der Waals surface area contributed by atoms with Crippen LogP contribution in [0.25, 0.3) is 0 Å². The molecule has 2 fully saturated rings. The van der Waals surface area contributed by atoms with E-state index in [9.17, 15) is 12.8 Å².